The van der Waals surface area contributed by atoms with Crippen LogP contribution in [0.2, 0.25) is 0 Å². The third-order valence-corrected chi connectivity index (χ3v) is 4.41. The quantitative estimate of drug-likeness (QED) is 0.687. The minimum absolute atomic E-state index is 0.000324. The van der Waals surface area contributed by atoms with Gasteiger partial charge in [-0.05, 0) is 25.7 Å². The van der Waals surface area contributed by atoms with Gasteiger partial charge in [0.25, 0.3) is 0 Å². The molecule has 0 aliphatic heterocycles. The van der Waals surface area contributed by atoms with Gasteiger partial charge in [0, 0.05) is 18.6 Å². The maximum atomic E-state index is 12.2. The molecule has 2 fully saturated rings. The van der Waals surface area contributed by atoms with Crippen molar-refractivity contribution in [1.29, 1.82) is 0 Å². The van der Waals surface area contributed by atoms with E-state index in [2.05, 4.69) is 5.32 Å². The number of hydrogen-bond acceptors (Lipinski definition) is 3. The maximum Gasteiger partial charge on any atom is 0.240 e. The third kappa shape index (κ3) is 2.80. The largest absolute Gasteiger partial charge is 0.396 e. The fraction of sp³-hybridized carbons (Fsp3) is 0.923. The first-order valence-electron chi connectivity index (χ1n) is 6.86. The predicted molar refractivity (Wildman–Crippen MR) is 66.4 cm³/mol. The Labute approximate surface area is 103 Å². The molecule has 0 bridgehead atoms. The van der Waals surface area contributed by atoms with Crippen molar-refractivity contribution in [2.45, 2.75) is 62.9 Å². The zero-order valence-electron chi connectivity index (χ0n) is 10.5. The molecule has 2 rings (SSSR count). The molecular weight excluding hydrogens is 216 g/mol. The second-order valence-electron chi connectivity index (χ2n) is 5.67. The van der Waals surface area contributed by atoms with Crippen molar-refractivity contribution in [3.05, 3.63) is 0 Å². The molecule has 17 heavy (non-hydrogen) atoms. The smallest absolute Gasteiger partial charge is 0.240 e. The molecule has 2 saturated carbocycles. The topological polar surface area (TPSA) is 75.4 Å². The normalized spacial score (nSPS) is 32.4. The number of carbonyl (C=O) groups is 1. The van der Waals surface area contributed by atoms with Crippen molar-refractivity contribution in [3.8, 4) is 0 Å². The van der Waals surface area contributed by atoms with Crippen molar-refractivity contribution < 1.29 is 9.90 Å². The first-order valence-corrected chi connectivity index (χ1v) is 6.86. The van der Waals surface area contributed by atoms with E-state index in [1.807, 2.05) is 0 Å². The molecule has 98 valence electrons. The van der Waals surface area contributed by atoms with E-state index in [4.69, 9.17) is 5.73 Å². The molecule has 4 heteroatoms. The Morgan fingerprint density at radius 2 is 1.88 bits per heavy atom. The standard InChI is InChI=1S/C13H24N2O2/c14-13(7-3-4-8-13)12(17)15-11-6-2-1-5-10(11)9-16/h10-11,16H,1-9,14H2,(H,15,17). The summed E-state index contributed by atoms with van der Waals surface area (Å²) in [6.07, 6.45) is 8.00. The molecule has 2 aliphatic rings. The lowest BCUT2D eigenvalue weighted by Gasteiger charge is -2.33. The van der Waals surface area contributed by atoms with Crippen molar-refractivity contribution >= 4 is 5.91 Å². The molecule has 0 aromatic heterocycles. The van der Waals surface area contributed by atoms with Gasteiger partial charge in [0.2, 0.25) is 5.91 Å². The van der Waals surface area contributed by atoms with Gasteiger partial charge in [0.1, 0.15) is 0 Å². The fourth-order valence-corrected chi connectivity index (χ4v) is 3.16. The third-order valence-electron chi connectivity index (χ3n) is 4.41. The van der Waals surface area contributed by atoms with Crippen LogP contribution in [0, 0.1) is 5.92 Å². The van der Waals surface area contributed by atoms with Crippen molar-refractivity contribution in [3.63, 3.8) is 0 Å². The minimum Gasteiger partial charge on any atom is -0.396 e. The molecule has 1 amide bonds. The molecule has 0 radical (unpaired) electrons. The van der Waals surface area contributed by atoms with Crippen LogP contribution in [0.15, 0.2) is 0 Å². The Kier molecular flexibility index (Phi) is 4.05. The molecule has 4 nitrogen and oxygen atoms in total. The van der Waals surface area contributed by atoms with Crippen molar-refractivity contribution in [2.75, 3.05) is 6.61 Å². The molecule has 0 aromatic carbocycles. The first-order chi connectivity index (χ1) is 8.15. The van der Waals surface area contributed by atoms with Gasteiger partial charge in [-0.2, -0.15) is 0 Å². The number of carbonyl (C=O) groups excluding carboxylic acids is 1. The van der Waals surface area contributed by atoms with E-state index in [1.165, 1.54) is 0 Å². The van der Waals surface area contributed by atoms with Gasteiger partial charge in [0.15, 0.2) is 0 Å². The maximum absolute atomic E-state index is 12.2. The molecule has 2 unspecified atom stereocenters. The fourth-order valence-electron chi connectivity index (χ4n) is 3.16. The van der Waals surface area contributed by atoms with E-state index in [1.54, 1.807) is 0 Å². The number of nitrogens with one attached hydrogen (secondary N) is 1. The zero-order chi connectivity index (χ0) is 12.3. The van der Waals surface area contributed by atoms with Crippen LogP contribution in [-0.2, 0) is 4.79 Å². The summed E-state index contributed by atoms with van der Waals surface area (Å²) in [5, 5.41) is 12.4. The molecule has 0 spiro atoms. The summed E-state index contributed by atoms with van der Waals surface area (Å²) >= 11 is 0. The average Bonchev–Trinajstić information content (AvgIpc) is 2.78. The Morgan fingerprint density at radius 1 is 1.24 bits per heavy atom. The van der Waals surface area contributed by atoms with E-state index in [9.17, 15) is 9.90 Å². The van der Waals surface area contributed by atoms with Gasteiger partial charge in [0.05, 0.1) is 5.54 Å². The molecule has 0 aromatic rings. The highest BCUT2D eigenvalue weighted by atomic mass is 16.3. The van der Waals surface area contributed by atoms with Crippen LogP contribution in [0.3, 0.4) is 0 Å². The highest BCUT2D eigenvalue weighted by Crippen LogP contribution is 2.29. The van der Waals surface area contributed by atoms with E-state index in [-0.39, 0.29) is 24.5 Å². The Bertz CT molecular complexity index is 275. The lowest BCUT2D eigenvalue weighted by molar-refractivity contribution is -0.127. The van der Waals surface area contributed by atoms with Gasteiger partial charge < -0.3 is 16.2 Å². The lowest BCUT2D eigenvalue weighted by Crippen LogP contribution is -2.56. The number of rotatable bonds is 3. The van der Waals surface area contributed by atoms with E-state index >= 15 is 0 Å². The molecule has 4 N–H and O–H groups in total. The minimum atomic E-state index is -0.641. The molecule has 2 aliphatic carbocycles. The van der Waals surface area contributed by atoms with Gasteiger partial charge in [-0.15, -0.1) is 0 Å². The summed E-state index contributed by atoms with van der Waals surface area (Å²) in [6.45, 7) is 0.169. The van der Waals surface area contributed by atoms with Crippen LogP contribution in [-0.4, -0.2) is 29.2 Å². The second-order valence-corrected chi connectivity index (χ2v) is 5.67. The summed E-state index contributed by atoms with van der Waals surface area (Å²) < 4.78 is 0. The van der Waals surface area contributed by atoms with Crippen molar-refractivity contribution in [2.24, 2.45) is 11.7 Å². The summed E-state index contributed by atoms with van der Waals surface area (Å²) in [7, 11) is 0. The molecule has 2 atom stereocenters. The highest BCUT2D eigenvalue weighted by Gasteiger charge is 2.39. The molecule has 0 saturated heterocycles. The van der Waals surface area contributed by atoms with Gasteiger partial charge in [-0.25, -0.2) is 0 Å². The Morgan fingerprint density at radius 3 is 2.53 bits per heavy atom. The van der Waals surface area contributed by atoms with Gasteiger partial charge >= 0.3 is 0 Å². The monoisotopic (exact) mass is 240 g/mol. The number of aliphatic hydroxyl groups is 1. The summed E-state index contributed by atoms with van der Waals surface area (Å²) in [5.74, 6) is 0.220. The van der Waals surface area contributed by atoms with Crippen LogP contribution >= 0.6 is 0 Å². The Balaban J connectivity index is 1.92. The van der Waals surface area contributed by atoms with Crippen LogP contribution in [0.5, 0.6) is 0 Å². The number of amides is 1. The van der Waals surface area contributed by atoms with Crippen LogP contribution in [0.25, 0.3) is 0 Å². The summed E-state index contributed by atoms with van der Waals surface area (Å²) in [6, 6.07) is 0.127. The second kappa shape index (κ2) is 5.36. The van der Waals surface area contributed by atoms with Crippen LogP contribution < -0.4 is 11.1 Å². The number of aliphatic hydroxyl groups excluding tert-OH is 1. The number of hydrogen-bond donors (Lipinski definition) is 3. The molecule has 0 heterocycles. The number of nitrogens with two attached hydrogens (primary N) is 1. The van der Waals surface area contributed by atoms with E-state index in [0.29, 0.717) is 0 Å². The van der Waals surface area contributed by atoms with Gasteiger partial charge in [-0.3, -0.25) is 4.79 Å². The van der Waals surface area contributed by atoms with Crippen molar-refractivity contribution in [1.82, 2.24) is 5.32 Å². The van der Waals surface area contributed by atoms with Crippen LogP contribution in [0.1, 0.15) is 51.4 Å². The summed E-state index contributed by atoms with van der Waals surface area (Å²) in [5.41, 5.74) is 5.49. The average molecular weight is 240 g/mol. The zero-order valence-corrected chi connectivity index (χ0v) is 10.5. The van der Waals surface area contributed by atoms with E-state index < -0.39 is 5.54 Å². The lowest BCUT2D eigenvalue weighted by atomic mass is 9.84. The highest BCUT2D eigenvalue weighted by molar-refractivity contribution is 5.86. The summed E-state index contributed by atoms with van der Waals surface area (Å²) in [4.78, 5) is 12.2. The van der Waals surface area contributed by atoms with Gasteiger partial charge in [-0.1, -0.05) is 25.7 Å². The van der Waals surface area contributed by atoms with Crippen LogP contribution in [0.4, 0.5) is 0 Å². The Hall–Kier alpha value is -0.610. The first kappa shape index (κ1) is 12.8. The molecular formula is C13H24N2O2. The predicted octanol–water partition coefficient (Wildman–Crippen LogP) is 0.925. The van der Waals surface area contributed by atoms with E-state index in [0.717, 1.165) is 51.4 Å². The SMILES string of the molecule is NC1(C(=O)NC2CCCCC2CO)CCCC1.